The van der Waals surface area contributed by atoms with Gasteiger partial charge in [0.25, 0.3) is 0 Å². The van der Waals surface area contributed by atoms with Crippen LogP contribution in [0.25, 0.3) is 0 Å². The number of thioether (sulfide) groups is 1. The van der Waals surface area contributed by atoms with Crippen LogP contribution in [0.1, 0.15) is 13.3 Å². The summed E-state index contributed by atoms with van der Waals surface area (Å²) in [5, 5.41) is 10.0. The second kappa shape index (κ2) is 5.09. The summed E-state index contributed by atoms with van der Waals surface area (Å²) >= 11 is 1.65. The molecule has 0 amide bonds. The first-order chi connectivity index (χ1) is 6.22. The van der Waals surface area contributed by atoms with Gasteiger partial charge in [-0.25, -0.2) is 4.98 Å². The van der Waals surface area contributed by atoms with E-state index < -0.39 is 0 Å². The molecule has 0 spiro atoms. The van der Waals surface area contributed by atoms with Crippen LogP contribution in [0.3, 0.4) is 0 Å². The van der Waals surface area contributed by atoms with Crippen LogP contribution in [0, 0.1) is 0 Å². The fourth-order valence-corrected chi connectivity index (χ4v) is 1.80. The van der Waals surface area contributed by atoms with Crippen molar-refractivity contribution in [3.05, 3.63) is 18.3 Å². The Morgan fingerprint density at radius 2 is 2.38 bits per heavy atom. The molecule has 0 aromatic carbocycles. The number of nitrogen functional groups attached to an aromatic ring is 1. The molecule has 3 nitrogen and oxygen atoms in total. The molecule has 0 aliphatic heterocycles. The van der Waals surface area contributed by atoms with Gasteiger partial charge in [0.1, 0.15) is 0 Å². The molecule has 0 saturated carbocycles. The third-order valence-electron chi connectivity index (χ3n) is 1.62. The first kappa shape index (κ1) is 10.3. The average Bonchev–Trinajstić information content (AvgIpc) is 2.09. The molecule has 3 N–H and O–H groups in total. The summed E-state index contributed by atoms with van der Waals surface area (Å²) < 4.78 is 0. The number of pyridine rings is 1. The van der Waals surface area contributed by atoms with Gasteiger partial charge in [-0.3, -0.25) is 0 Å². The van der Waals surface area contributed by atoms with Gasteiger partial charge in [-0.1, -0.05) is 6.92 Å². The third-order valence-corrected chi connectivity index (χ3v) is 2.74. The predicted molar refractivity (Wildman–Crippen MR) is 55.7 cm³/mol. The summed E-state index contributed by atoms with van der Waals surface area (Å²) in [6.07, 6.45) is 2.44. The highest BCUT2D eigenvalue weighted by Crippen LogP contribution is 2.23. The van der Waals surface area contributed by atoms with E-state index in [2.05, 4.69) is 11.9 Å². The molecule has 0 aliphatic carbocycles. The molecule has 0 bridgehead atoms. The lowest BCUT2D eigenvalue weighted by molar-refractivity contribution is 0.289. The standard InChI is InChI=1S/C9H14N2OS/c1-7(4-5-12)13-9-3-2-8(10)6-11-9/h2-3,6-7,12H,4-5,10H2,1H3. The Bertz CT molecular complexity index is 250. The number of nitrogens with two attached hydrogens (primary N) is 1. The fraction of sp³-hybridized carbons (Fsp3) is 0.444. The second-order valence-electron chi connectivity index (χ2n) is 2.87. The molecule has 1 aromatic rings. The number of aliphatic hydroxyl groups is 1. The lowest BCUT2D eigenvalue weighted by atomic mass is 10.3. The number of rotatable bonds is 4. The minimum atomic E-state index is 0.225. The predicted octanol–water partition coefficient (Wildman–Crippen LogP) is 1.53. The Kier molecular flexibility index (Phi) is 4.05. The SMILES string of the molecule is CC(CCO)Sc1ccc(N)cn1. The van der Waals surface area contributed by atoms with Gasteiger partial charge < -0.3 is 10.8 Å². The van der Waals surface area contributed by atoms with Crippen LogP contribution < -0.4 is 5.73 Å². The Labute approximate surface area is 82.4 Å². The molecule has 13 heavy (non-hydrogen) atoms. The lowest BCUT2D eigenvalue weighted by Crippen LogP contribution is -1.99. The van der Waals surface area contributed by atoms with Gasteiger partial charge >= 0.3 is 0 Å². The molecule has 0 fully saturated rings. The Morgan fingerprint density at radius 3 is 2.92 bits per heavy atom. The van der Waals surface area contributed by atoms with Crippen LogP contribution in [-0.4, -0.2) is 21.9 Å². The van der Waals surface area contributed by atoms with Gasteiger partial charge in [-0.05, 0) is 18.6 Å². The number of hydrogen-bond acceptors (Lipinski definition) is 4. The van der Waals surface area contributed by atoms with E-state index in [1.54, 1.807) is 18.0 Å². The zero-order chi connectivity index (χ0) is 9.68. The maximum absolute atomic E-state index is 8.71. The normalized spacial score (nSPS) is 12.8. The number of anilines is 1. The van der Waals surface area contributed by atoms with Crippen LogP contribution in [0.5, 0.6) is 0 Å². The van der Waals surface area contributed by atoms with Crippen molar-refractivity contribution in [3.63, 3.8) is 0 Å². The van der Waals surface area contributed by atoms with Crippen molar-refractivity contribution in [1.82, 2.24) is 4.98 Å². The largest absolute Gasteiger partial charge is 0.397 e. The van der Waals surface area contributed by atoms with E-state index in [0.29, 0.717) is 10.9 Å². The zero-order valence-corrected chi connectivity index (χ0v) is 8.42. The molecule has 1 rings (SSSR count). The van der Waals surface area contributed by atoms with Gasteiger partial charge in [-0.15, -0.1) is 11.8 Å². The van der Waals surface area contributed by atoms with Crippen LogP contribution >= 0.6 is 11.8 Å². The summed E-state index contributed by atoms with van der Waals surface area (Å²) in [6, 6.07) is 3.73. The first-order valence-corrected chi connectivity index (χ1v) is 5.09. The molecule has 4 heteroatoms. The van der Waals surface area contributed by atoms with Gasteiger partial charge in [0.05, 0.1) is 16.9 Å². The maximum atomic E-state index is 8.71. The summed E-state index contributed by atoms with van der Waals surface area (Å²) in [5.41, 5.74) is 6.18. The molecule has 0 saturated heterocycles. The van der Waals surface area contributed by atoms with Crippen LogP contribution in [-0.2, 0) is 0 Å². The van der Waals surface area contributed by atoms with E-state index in [4.69, 9.17) is 10.8 Å². The first-order valence-electron chi connectivity index (χ1n) is 4.21. The average molecular weight is 198 g/mol. The topological polar surface area (TPSA) is 59.1 Å². The second-order valence-corrected chi connectivity index (χ2v) is 4.33. The van der Waals surface area contributed by atoms with Crippen molar-refractivity contribution >= 4 is 17.4 Å². The smallest absolute Gasteiger partial charge is 0.0964 e. The number of aromatic nitrogens is 1. The van der Waals surface area contributed by atoms with Crippen LogP contribution in [0.15, 0.2) is 23.4 Å². The minimum absolute atomic E-state index is 0.225. The van der Waals surface area contributed by atoms with Gasteiger partial charge in [0.15, 0.2) is 0 Å². The van der Waals surface area contributed by atoms with Crippen molar-refractivity contribution in [2.45, 2.75) is 23.6 Å². The summed E-state index contributed by atoms with van der Waals surface area (Å²) in [7, 11) is 0. The van der Waals surface area contributed by atoms with E-state index in [1.807, 2.05) is 12.1 Å². The van der Waals surface area contributed by atoms with Crippen molar-refractivity contribution < 1.29 is 5.11 Å². The van der Waals surface area contributed by atoms with Crippen molar-refractivity contribution in [2.75, 3.05) is 12.3 Å². The van der Waals surface area contributed by atoms with Crippen LogP contribution in [0.4, 0.5) is 5.69 Å². The summed E-state index contributed by atoms with van der Waals surface area (Å²) in [5.74, 6) is 0. The zero-order valence-electron chi connectivity index (χ0n) is 7.60. The van der Waals surface area contributed by atoms with E-state index in [9.17, 15) is 0 Å². The number of nitrogens with zero attached hydrogens (tertiary/aromatic N) is 1. The van der Waals surface area contributed by atoms with E-state index >= 15 is 0 Å². The molecule has 0 radical (unpaired) electrons. The molecular weight excluding hydrogens is 184 g/mol. The van der Waals surface area contributed by atoms with E-state index in [1.165, 1.54) is 0 Å². The molecule has 72 valence electrons. The monoisotopic (exact) mass is 198 g/mol. The molecule has 1 aromatic heterocycles. The molecular formula is C9H14N2OS. The van der Waals surface area contributed by atoms with Gasteiger partial charge in [0.2, 0.25) is 0 Å². The Hall–Kier alpha value is -0.740. The van der Waals surface area contributed by atoms with Crippen molar-refractivity contribution in [2.24, 2.45) is 0 Å². The highest BCUT2D eigenvalue weighted by molar-refractivity contribution is 7.99. The Balaban J connectivity index is 2.49. The maximum Gasteiger partial charge on any atom is 0.0964 e. The quantitative estimate of drug-likeness (QED) is 0.720. The Morgan fingerprint density at radius 1 is 1.62 bits per heavy atom. The fourth-order valence-electron chi connectivity index (χ4n) is 0.908. The number of aliphatic hydroxyl groups excluding tert-OH is 1. The highest BCUT2D eigenvalue weighted by atomic mass is 32.2. The van der Waals surface area contributed by atoms with Gasteiger partial charge in [-0.2, -0.15) is 0 Å². The van der Waals surface area contributed by atoms with E-state index in [-0.39, 0.29) is 6.61 Å². The van der Waals surface area contributed by atoms with Crippen molar-refractivity contribution in [3.8, 4) is 0 Å². The molecule has 1 heterocycles. The van der Waals surface area contributed by atoms with Crippen molar-refractivity contribution in [1.29, 1.82) is 0 Å². The lowest BCUT2D eigenvalue weighted by Gasteiger charge is -2.07. The number of hydrogen-bond donors (Lipinski definition) is 2. The van der Waals surface area contributed by atoms with Gasteiger partial charge in [0, 0.05) is 11.9 Å². The summed E-state index contributed by atoms with van der Waals surface area (Å²) in [4.78, 5) is 4.16. The molecule has 1 unspecified atom stereocenters. The molecule has 0 aliphatic rings. The minimum Gasteiger partial charge on any atom is -0.397 e. The molecule has 1 atom stereocenters. The van der Waals surface area contributed by atoms with E-state index in [0.717, 1.165) is 11.4 Å². The summed E-state index contributed by atoms with van der Waals surface area (Å²) in [6.45, 7) is 2.29. The third kappa shape index (κ3) is 3.65. The highest BCUT2D eigenvalue weighted by Gasteiger charge is 2.03. The van der Waals surface area contributed by atoms with Crippen LogP contribution in [0.2, 0.25) is 0 Å².